The van der Waals surface area contributed by atoms with Crippen molar-refractivity contribution in [2.24, 2.45) is 5.14 Å². The molecular formula is C26H24ClFN4O5S. The molecule has 0 atom stereocenters. The number of nitrogens with zero attached hydrogens (tertiary/aromatic N) is 3. The average Bonchev–Trinajstić information content (AvgIpc) is 2.89. The minimum absolute atomic E-state index is 0.0170. The molecule has 0 aliphatic carbocycles. The molecule has 0 amide bonds. The maximum Gasteiger partial charge on any atom is 0.242 e. The molecule has 0 bridgehead atoms. The number of benzene rings is 2. The van der Waals surface area contributed by atoms with Crippen LogP contribution < -0.4 is 14.6 Å². The van der Waals surface area contributed by atoms with Crippen LogP contribution in [-0.2, 0) is 14.8 Å². The van der Waals surface area contributed by atoms with Crippen molar-refractivity contribution in [1.29, 1.82) is 0 Å². The van der Waals surface area contributed by atoms with Gasteiger partial charge >= 0.3 is 0 Å². The Balaban J connectivity index is 1.68. The normalized spacial score (nSPS) is 14.6. The number of aromatic nitrogens is 3. The van der Waals surface area contributed by atoms with Crippen LogP contribution in [0.25, 0.3) is 33.2 Å². The van der Waals surface area contributed by atoms with E-state index in [2.05, 4.69) is 15.0 Å². The van der Waals surface area contributed by atoms with Gasteiger partial charge in [-0.25, -0.2) is 32.9 Å². The number of primary sulfonamides is 1. The molecule has 198 valence electrons. The summed E-state index contributed by atoms with van der Waals surface area (Å²) in [4.78, 5) is 12.4. The van der Waals surface area contributed by atoms with Gasteiger partial charge in [-0.15, -0.1) is 0 Å². The van der Waals surface area contributed by atoms with Gasteiger partial charge in [0.2, 0.25) is 15.9 Å². The molecule has 1 aliphatic heterocycles. The van der Waals surface area contributed by atoms with Crippen LogP contribution in [0.4, 0.5) is 4.39 Å². The summed E-state index contributed by atoms with van der Waals surface area (Å²) in [6, 6.07) is 7.88. The highest BCUT2D eigenvalue weighted by Gasteiger charge is 2.25. The predicted molar refractivity (Wildman–Crippen MR) is 140 cm³/mol. The SMILES string of the molecule is COc1ncc(-c2cc(OC3CCOCC3)c3ncnc(C)c3c2)cc1-c1ccc(F)c(S(N)(=O)=O)c1Cl. The number of sulfonamides is 1. The molecule has 2 aromatic heterocycles. The zero-order valence-electron chi connectivity index (χ0n) is 20.6. The second-order valence-corrected chi connectivity index (χ2v) is 10.7. The van der Waals surface area contributed by atoms with Crippen LogP contribution in [0, 0.1) is 12.7 Å². The first-order valence-electron chi connectivity index (χ1n) is 11.7. The highest BCUT2D eigenvalue weighted by molar-refractivity contribution is 7.89. The van der Waals surface area contributed by atoms with Crippen LogP contribution in [-0.4, -0.2) is 49.8 Å². The van der Waals surface area contributed by atoms with Crippen LogP contribution in [0.1, 0.15) is 18.5 Å². The minimum Gasteiger partial charge on any atom is -0.488 e. The number of hydrogen-bond donors (Lipinski definition) is 1. The van der Waals surface area contributed by atoms with Crippen LogP contribution >= 0.6 is 11.6 Å². The molecule has 4 aromatic rings. The summed E-state index contributed by atoms with van der Waals surface area (Å²) in [6.07, 6.45) is 4.62. The summed E-state index contributed by atoms with van der Waals surface area (Å²) < 4.78 is 55.7. The minimum atomic E-state index is -4.43. The zero-order chi connectivity index (χ0) is 27.0. The second kappa shape index (κ2) is 10.4. The van der Waals surface area contributed by atoms with Crippen molar-refractivity contribution in [3.8, 4) is 33.9 Å². The zero-order valence-corrected chi connectivity index (χ0v) is 22.1. The Labute approximate surface area is 223 Å². The van der Waals surface area contributed by atoms with E-state index in [9.17, 15) is 12.8 Å². The number of halogens is 2. The van der Waals surface area contributed by atoms with Crippen LogP contribution in [0.5, 0.6) is 11.6 Å². The van der Waals surface area contributed by atoms with Gasteiger partial charge < -0.3 is 14.2 Å². The molecule has 9 nitrogen and oxygen atoms in total. The number of aryl methyl sites for hydroxylation is 1. The summed E-state index contributed by atoms with van der Waals surface area (Å²) in [6.45, 7) is 3.14. The number of rotatable bonds is 6. The van der Waals surface area contributed by atoms with Crippen LogP contribution in [0.2, 0.25) is 5.02 Å². The van der Waals surface area contributed by atoms with Gasteiger partial charge in [-0.3, -0.25) is 0 Å². The Morgan fingerprint density at radius 2 is 1.84 bits per heavy atom. The van der Waals surface area contributed by atoms with Gasteiger partial charge in [0.05, 0.1) is 25.3 Å². The van der Waals surface area contributed by atoms with E-state index in [1.54, 1.807) is 12.3 Å². The smallest absolute Gasteiger partial charge is 0.242 e. The molecule has 12 heteroatoms. The Morgan fingerprint density at radius 1 is 1.08 bits per heavy atom. The number of pyridine rings is 1. The first-order chi connectivity index (χ1) is 18.2. The lowest BCUT2D eigenvalue weighted by Crippen LogP contribution is -2.26. The van der Waals surface area contributed by atoms with E-state index < -0.39 is 20.7 Å². The van der Waals surface area contributed by atoms with E-state index in [0.717, 1.165) is 35.6 Å². The molecular weight excluding hydrogens is 535 g/mol. The molecule has 5 rings (SSSR count). The molecule has 0 unspecified atom stereocenters. The quantitative estimate of drug-likeness (QED) is 0.361. The summed E-state index contributed by atoms with van der Waals surface area (Å²) in [5.41, 5.74) is 3.41. The van der Waals surface area contributed by atoms with Gasteiger partial charge in [0.1, 0.15) is 34.4 Å². The number of ether oxygens (including phenoxy) is 3. The monoisotopic (exact) mass is 558 g/mol. The summed E-state index contributed by atoms with van der Waals surface area (Å²) in [5.74, 6) is -0.283. The van der Waals surface area contributed by atoms with E-state index in [1.807, 2.05) is 19.1 Å². The first-order valence-corrected chi connectivity index (χ1v) is 13.6. The third-order valence-electron chi connectivity index (χ3n) is 6.37. The molecule has 1 fully saturated rings. The molecule has 38 heavy (non-hydrogen) atoms. The summed E-state index contributed by atoms with van der Waals surface area (Å²) in [5, 5.41) is 5.67. The van der Waals surface area contributed by atoms with Gasteiger partial charge in [-0.2, -0.15) is 0 Å². The lowest BCUT2D eigenvalue weighted by molar-refractivity contribution is 0.0261. The van der Waals surface area contributed by atoms with Crippen molar-refractivity contribution in [3.05, 3.63) is 59.4 Å². The maximum atomic E-state index is 14.4. The molecule has 1 aliphatic rings. The van der Waals surface area contributed by atoms with E-state index >= 15 is 0 Å². The van der Waals surface area contributed by atoms with Crippen molar-refractivity contribution in [1.82, 2.24) is 15.0 Å². The Morgan fingerprint density at radius 3 is 2.55 bits per heavy atom. The number of methoxy groups -OCH3 is 1. The van der Waals surface area contributed by atoms with E-state index in [1.165, 1.54) is 19.5 Å². The number of nitrogens with two attached hydrogens (primary N) is 1. The standard InChI is InChI=1S/C26H24ClFN4O5S/c1-14-19-9-15(11-22(24(19)32-13-31-14)37-17-5-7-36-8-6-17)16-10-20(26(35-2)30-12-16)18-3-4-21(28)25(23(18)27)38(29,33)34/h3-4,9-13,17H,5-8H2,1-2H3,(H2,29,33,34). The van der Waals surface area contributed by atoms with Crippen molar-refractivity contribution < 1.29 is 27.0 Å². The highest BCUT2D eigenvalue weighted by atomic mass is 35.5. The predicted octanol–water partition coefficient (Wildman–Crippen LogP) is 4.67. The second-order valence-electron chi connectivity index (χ2n) is 8.82. The maximum absolute atomic E-state index is 14.4. The molecule has 3 heterocycles. The van der Waals surface area contributed by atoms with Crippen molar-refractivity contribution in [3.63, 3.8) is 0 Å². The number of hydrogen-bond acceptors (Lipinski definition) is 8. The Kier molecular flexibility index (Phi) is 7.19. The molecule has 2 aromatic carbocycles. The van der Waals surface area contributed by atoms with Gasteiger partial charge in [0.15, 0.2) is 0 Å². The highest BCUT2D eigenvalue weighted by Crippen LogP contribution is 2.41. The molecule has 0 saturated carbocycles. The fourth-order valence-electron chi connectivity index (χ4n) is 4.46. The number of fused-ring (bicyclic) bond motifs is 1. The Hall–Kier alpha value is -3.38. The van der Waals surface area contributed by atoms with Crippen molar-refractivity contribution in [2.45, 2.75) is 30.8 Å². The lowest BCUT2D eigenvalue weighted by atomic mass is 9.99. The third kappa shape index (κ3) is 5.02. The van der Waals surface area contributed by atoms with E-state index in [-0.39, 0.29) is 22.6 Å². The first kappa shape index (κ1) is 26.2. The van der Waals surface area contributed by atoms with Gasteiger partial charge in [0, 0.05) is 46.8 Å². The fraction of sp³-hybridized carbons (Fsp3) is 0.269. The third-order valence-corrected chi connectivity index (χ3v) is 7.84. The van der Waals surface area contributed by atoms with Crippen LogP contribution in [0.15, 0.2) is 47.8 Å². The summed E-state index contributed by atoms with van der Waals surface area (Å²) in [7, 11) is -3.02. The fourth-order valence-corrected chi connectivity index (χ4v) is 5.73. The summed E-state index contributed by atoms with van der Waals surface area (Å²) >= 11 is 6.36. The largest absolute Gasteiger partial charge is 0.488 e. The lowest BCUT2D eigenvalue weighted by Gasteiger charge is -2.24. The molecule has 0 radical (unpaired) electrons. The molecule has 1 saturated heterocycles. The Bertz CT molecular complexity index is 1650. The van der Waals surface area contributed by atoms with Gasteiger partial charge in [-0.1, -0.05) is 11.6 Å². The topological polar surface area (TPSA) is 127 Å². The van der Waals surface area contributed by atoms with E-state index in [4.69, 9.17) is 31.0 Å². The van der Waals surface area contributed by atoms with E-state index in [0.29, 0.717) is 35.6 Å². The van der Waals surface area contributed by atoms with Gasteiger partial charge in [0.25, 0.3) is 0 Å². The van der Waals surface area contributed by atoms with Gasteiger partial charge in [-0.05, 0) is 42.8 Å². The van der Waals surface area contributed by atoms with Crippen molar-refractivity contribution in [2.75, 3.05) is 20.3 Å². The molecule has 0 spiro atoms. The van der Waals surface area contributed by atoms with Crippen molar-refractivity contribution >= 4 is 32.5 Å². The molecule has 2 N–H and O–H groups in total. The average molecular weight is 559 g/mol. The van der Waals surface area contributed by atoms with Crippen LogP contribution in [0.3, 0.4) is 0 Å².